The highest BCUT2D eigenvalue weighted by atomic mass is 16.4. The zero-order valence-electron chi connectivity index (χ0n) is 71.3. The number of nitrogens with one attached hydrogen (secondary N) is 20. The number of nitrogens with two attached hydrogens (primary N) is 5. The highest BCUT2D eigenvalue weighted by Gasteiger charge is 2.39. The van der Waals surface area contributed by atoms with Crippen molar-refractivity contribution >= 4 is 130 Å². The van der Waals surface area contributed by atoms with Crippen molar-refractivity contribution in [2.24, 2.45) is 46.4 Å². The van der Waals surface area contributed by atoms with Crippen LogP contribution in [0.5, 0.6) is 0 Å². The normalized spacial score (nSPS) is 15.3. The number of carboxylic acids is 2. The third-order valence-electron chi connectivity index (χ3n) is 19.4. The lowest BCUT2D eigenvalue weighted by Gasteiger charge is -2.29. The first-order valence-electron chi connectivity index (χ1n) is 40.0. The first-order chi connectivity index (χ1) is 58.5. The number of guanidine groups is 1. The number of aromatic nitrogens is 4. The number of hydrogen-bond donors (Lipinski definition) is 28. The lowest BCUT2D eigenvalue weighted by Crippen LogP contribution is -2.61. The Labute approximate surface area is 718 Å². The molecule has 0 fully saturated rings. The first-order valence-corrected chi connectivity index (χ1v) is 40.0. The van der Waals surface area contributed by atoms with Gasteiger partial charge in [-0.1, -0.05) is 54.4 Å². The standard InChI is InChI=1S/C74H121N27O24/c1-12-33(5)55(77)71(123)99-49(29-102)70(122)95-43(16-19-50(75)103)64(116)89-39(11)63(115)100-56(32(3)4)72(124)97-47(24-41-27-82-31-86-41)68(120)90-36(8)60(112)87-37(9)62(114)96-46(23-40-26-81-30-85-40)67(119)91-38(10)61(113)93-45(18-21-54(108)109)66(118)101-57(34(6)13-2)73(125)98-48(25-51(76)104)69(121)94-44(17-20-53(106)107)65(117)88-35(7)59(111)84-28-52(105)92-42(58(78)110)15-14-22-83-74(79)80/h26-27,30-39,42-49,55-57,102H,12-25,28-29,77H2,1-11H3,(H2,75,103)(H2,76,104)(H2,78,110)(H,81,85)(H,82,86)(H,84,111)(H,87,112)(H,88,117)(H,89,116)(H,90,120)(H,91,119)(H,92,105)(H,93,113)(H,94,121)(H,95,122)(H,96,114)(H,97,124)(H,98,125)(H,99,123)(H,100,115)(H,101,118)(H,106,107)(H,108,109)(H4,79,80,83)/t33-,34-,35-,36-,37-,38-,39-,42-,43-,44-,45-,46-,47-,48-,49-,55-,56-,57-/m0/s1. The predicted molar refractivity (Wildman–Crippen MR) is 438 cm³/mol. The number of aliphatic carboxylic acids is 2. The molecule has 33 N–H and O–H groups in total. The van der Waals surface area contributed by atoms with E-state index in [4.69, 9.17) is 34.1 Å². The average molecular weight is 1770 g/mol. The molecular formula is C74H121N27O24. The second kappa shape index (κ2) is 54.1. The predicted octanol–water partition coefficient (Wildman–Crippen LogP) is -10.9. The van der Waals surface area contributed by atoms with Crippen LogP contribution >= 0.6 is 0 Å². The minimum atomic E-state index is -1.97. The highest BCUT2D eigenvalue weighted by molar-refractivity contribution is 6.02. The van der Waals surface area contributed by atoms with Gasteiger partial charge in [0.15, 0.2) is 5.96 Å². The van der Waals surface area contributed by atoms with Gasteiger partial charge in [0.05, 0.1) is 38.3 Å². The zero-order valence-corrected chi connectivity index (χ0v) is 71.3. The maximum atomic E-state index is 14.3. The van der Waals surface area contributed by atoms with E-state index >= 15 is 0 Å². The molecule has 0 aliphatic heterocycles. The number of nitrogens with zero attached hydrogens (tertiary/aromatic N) is 2. The van der Waals surface area contributed by atoms with Gasteiger partial charge < -0.3 is 144 Å². The second-order valence-electron chi connectivity index (χ2n) is 30.1. The number of rotatable bonds is 58. The fraction of sp³-hybridized carbons (Fsp3) is 0.622. The van der Waals surface area contributed by atoms with Gasteiger partial charge in [0.25, 0.3) is 0 Å². The van der Waals surface area contributed by atoms with Crippen LogP contribution in [0.1, 0.15) is 158 Å². The van der Waals surface area contributed by atoms with E-state index in [1.165, 1.54) is 66.6 Å². The number of carbonyl (C=O) groups is 21. The van der Waals surface area contributed by atoms with Crippen LogP contribution in [0, 0.1) is 23.2 Å². The van der Waals surface area contributed by atoms with Gasteiger partial charge in [0, 0.05) is 62.4 Å². The molecule has 0 aliphatic carbocycles. The van der Waals surface area contributed by atoms with Crippen LogP contribution in [0.2, 0.25) is 0 Å². The Kier molecular flexibility index (Phi) is 46.5. The van der Waals surface area contributed by atoms with Crippen molar-refractivity contribution in [3.05, 3.63) is 36.4 Å². The molecule has 696 valence electrons. The fourth-order valence-electron chi connectivity index (χ4n) is 11.4. The summed E-state index contributed by atoms with van der Waals surface area (Å²) in [6.07, 6.45) is 0.674. The molecule has 0 spiro atoms. The number of primary amides is 3. The van der Waals surface area contributed by atoms with Crippen molar-refractivity contribution in [2.45, 2.75) is 256 Å². The number of imidazole rings is 2. The van der Waals surface area contributed by atoms with Gasteiger partial charge in [-0.3, -0.25) is 106 Å². The van der Waals surface area contributed by atoms with Crippen molar-refractivity contribution in [1.29, 1.82) is 5.41 Å². The van der Waals surface area contributed by atoms with Crippen LogP contribution in [0.4, 0.5) is 0 Å². The number of hydrogen-bond acceptors (Lipinski definition) is 26. The first kappa shape index (κ1) is 108. The lowest BCUT2D eigenvalue weighted by molar-refractivity contribution is -0.140. The zero-order chi connectivity index (χ0) is 94.8. The molecule has 19 amide bonds. The maximum absolute atomic E-state index is 14.3. The van der Waals surface area contributed by atoms with E-state index < -0.39 is 291 Å². The Balaban J connectivity index is 2.31. The molecule has 0 saturated heterocycles. The molecule has 0 unspecified atom stereocenters. The van der Waals surface area contributed by atoms with Crippen molar-refractivity contribution in [3.8, 4) is 0 Å². The molecule has 0 saturated carbocycles. The van der Waals surface area contributed by atoms with Crippen molar-refractivity contribution in [2.75, 3.05) is 19.7 Å². The molecule has 125 heavy (non-hydrogen) atoms. The summed E-state index contributed by atoms with van der Waals surface area (Å²) in [4.78, 5) is 293. The van der Waals surface area contributed by atoms with Gasteiger partial charge in [-0.2, -0.15) is 0 Å². The lowest BCUT2D eigenvalue weighted by atomic mass is 9.96. The number of carboxylic acid groups (broad SMARTS) is 2. The van der Waals surface area contributed by atoms with Crippen LogP contribution in [0.3, 0.4) is 0 Å². The number of amides is 19. The summed E-state index contributed by atoms with van der Waals surface area (Å²) < 4.78 is 0. The third kappa shape index (κ3) is 39.5. The molecule has 0 aliphatic rings. The largest absolute Gasteiger partial charge is 0.481 e. The van der Waals surface area contributed by atoms with E-state index in [0.717, 1.165) is 13.8 Å². The van der Waals surface area contributed by atoms with Crippen LogP contribution in [-0.4, -0.2) is 282 Å². The van der Waals surface area contributed by atoms with Crippen molar-refractivity contribution in [3.63, 3.8) is 0 Å². The molecule has 0 aromatic carbocycles. The Bertz CT molecular complexity index is 4090. The number of carbonyl (C=O) groups excluding carboxylic acids is 19. The topological polar surface area (TPSA) is 835 Å². The van der Waals surface area contributed by atoms with Gasteiger partial charge >= 0.3 is 11.9 Å². The molecular weight excluding hydrogens is 1650 g/mol. The molecule has 2 aromatic heterocycles. The number of aliphatic hydroxyl groups is 1. The van der Waals surface area contributed by atoms with E-state index in [0.29, 0.717) is 12.1 Å². The third-order valence-corrected chi connectivity index (χ3v) is 19.4. The van der Waals surface area contributed by atoms with Crippen LogP contribution in [-0.2, 0) is 114 Å². The Morgan fingerprint density at radius 1 is 0.392 bits per heavy atom. The molecule has 2 rings (SSSR count). The van der Waals surface area contributed by atoms with Crippen LogP contribution in [0.25, 0.3) is 0 Å². The molecule has 0 bridgehead atoms. The van der Waals surface area contributed by atoms with Crippen LogP contribution in [0.15, 0.2) is 25.0 Å². The van der Waals surface area contributed by atoms with E-state index in [1.807, 2.05) is 0 Å². The van der Waals surface area contributed by atoms with E-state index in [2.05, 4.69) is 110 Å². The molecule has 18 atom stereocenters. The summed E-state index contributed by atoms with van der Waals surface area (Å²) in [7, 11) is 0. The monoisotopic (exact) mass is 1770 g/mol. The van der Waals surface area contributed by atoms with E-state index in [-0.39, 0.29) is 56.2 Å². The fourth-order valence-corrected chi connectivity index (χ4v) is 11.4. The summed E-state index contributed by atoms with van der Waals surface area (Å²) in [5.74, 6) is -24.8. The van der Waals surface area contributed by atoms with Crippen molar-refractivity contribution < 1.29 is 116 Å². The van der Waals surface area contributed by atoms with Gasteiger partial charge in [-0.15, -0.1) is 0 Å². The molecule has 2 aromatic rings. The summed E-state index contributed by atoms with van der Waals surface area (Å²) >= 11 is 0. The molecule has 51 nitrogen and oxygen atoms in total. The van der Waals surface area contributed by atoms with Gasteiger partial charge in [-0.05, 0) is 84.5 Å². The Morgan fingerprint density at radius 3 is 1.16 bits per heavy atom. The molecule has 51 heteroatoms. The quantitative estimate of drug-likeness (QED) is 0.0166. The Hall–Kier alpha value is -13.5. The second-order valence-corrected chi connectivity index (χ2v) is 30.1. The summed E-state index contributed by atoms with van der Waals surface area (Å²) in [5.41, 5.74) is 27.9. The van der Waals surface area contributed by atoms with Crippen LogP contribution < -0.4 is 119 Å². The average Bonchev–Trinajstić information content (AvgIpc) is 1.07. The molecule has 0 radical (unpaired) electrons. The smallest absolute Gasteiger partial charge is 0.303 e. The minimum absolute atomic E-state index is 0.0220. The van der Waals surface area contributed by atoms with Gasteiger partial charge in [0.2, 0.25) is 112 Å². The summed E-state index contributed by atoms with van der Waals surface area (Å²) in [5, 5.41) is 76.8. The molecule has 2 heterocycles. The summed E-state index contributed by atoms with van der Waals surface area (Å²) in [6, 6.07) is -24.8. The van der Waals surface area contributed by atoms with E-state index in [1.54, 1.807) is 20.8 Å². The van der Waals surface area contributed by atoms with Gasteiger partial charge in [0.1, 0.15) is 90.6 Å². The minimum Gasteiger partial charge on any atom is -0.481 e. The van der Waals surface area contributed by atoms with E-state index in [9.17, 15) is 116 Å². The number of H-pyrrole nitrogens is 2. The summed E-state index contributed by atoms with van der Waals surface area (Å²) in [6.45, 7) is 14.0. The highest BCUT2D eigenvalue weighted by Crippen LogP contribution is 2.14. The maximum Gasteiger partial charge on any atom is 0.303 e. The van der Waals surface area contributed by atoms with Gasteiger partial charge in [-0.25, -0.2) is 9.97 Å². The Morgan fingerprint density at radius 2 is 0.752 bits per heavy atom. The number of aromatic amines is 2. The number of aliphatic hydroxyl groups excluding tert-OH is 1. The SMILES string of the molecule is CC[C@H](C)[C@H](N)C(=O)N[C@@H](CO)C(=O)N[C@@H](CCC(N)=O)C(=O)N[C@@H](C)C(=O)N[C@H](C(=O)N[C@@H](Cc1cnc[nH]1)C(=O)N[C@@H](C)C(=O)N[C@@H](C)C(=O)N[C@@H](Cc1cnc[nH]1)C(=O)N[C@@H](C)C(=O)N[C@@H](CCC(=O)O)C(=O)N[C@H](C(=O)N[C@@H](CC(N)=O)C(=O)N[C@@H](CCC(=O)O)C(=O)N[C@@H](C)C(=O)NCC(=O)N[C@@H](CCCNC(=N)N)C(N)=O)[C@@H](C)CC)C(C)C. The van der Waals surface area contributed by atoms with Crippen molar-refractivity contribution in [1.82, 2.24) is 110 Å².